The predicted molar refractivity (Wildman–Crippen MR) is 130 cm³/mol. The molecular formula is C24H24N6O4S. The molecule has 0 spiro atoms. The molecule has 35 heavy (non-hydrogen) atoms. The van der Waals surface area contributed by atoms with Crippen LogP contribution in [0.25, 0.3) is 21.7 Å². The Kier molecular flexibility index (Phi) is 5.10. The first-order valence-corrected chi connectivity index (χ1v) is 12.3. The number of piperidine rings is 1. The van der Waals surface area contributed by atoms with E-state index in [2.05, 4.69) is 19.9 Å². The van der Waals surface area contributed by atoms with Crippen molar-refractivity contribution in [2.75, 3.05) is 18.0 Å². The summed E-state index contributed by atoms with van der Waals surface area (Å²) in [7, 11) is 0. The molecule has 1 amide bonds. The van der Waals surface area contributed by atoms with Gasteiger partial charge in [0.15, 0.2) is 16.8 Å². The molecule has 3 aromatic heterocycles. The summed E-state index contributed by atoms with van der Waals surface area (Å²) in [5, 5.41) is 2.75. The minimum absolute atomic E-state index is 0.0606. The highest BCUT2D eigenvalue weighted by molar-refractivity contribution is 7.13. The number of anilines is 1. The quantitative estimate of drug-likeness (QED) is 0.399. The van der Waals surface area contributed by atoms with E-state index in [0.29, 0.717) is 36.0 Å². The van der Waals surface area contributed by atoms with E-state index in [4.69, 9.17) is 18.9 Å². The molecule has 0 N–H and O–H groups in total. The number of nitrogens with zero attached hydrogens (tertiary/aromatic N) is 6. The van der Waals surface area contributed by atoms with Crippen LogP contribution in [0.4, 0.5) is 10.8 Å². The molecule has 4 aromatic rings. The van der Waals surface area contributed by atoms with Gasteiger partial charge in [-0.1, -0.05) is 0 Å². The highest BCUT2D eigenvalue weighted by atomic mass is 32.1. The summed E-state index contributed by atoms with van der Waals surface area (Å²) < 4.78 is 17.8. The summed E-state index contributed by atoms with van der Waals surface area (Å²) >= 11 is 1.52. The normalized spacial score (nSPS) is 19.5. The van der Waals surface area contributed by atoms with Crippen molar-refractivity contribution in [3.63, 3.8) is 0 Å². The van der Waals surface area contributed by atoms with Gasteiger partial charge in [-0.3, -0.25) is 4.90 Å². The van der Waals surface area contributed by atoms with Crippen molar-refractivity contribution in [2.24, 2.45) is 0 Å². The third kappa shape index (κ3) is 4.05. The van der Waals surface area contributed by atoms with E-state index < -0.39 is 5.60 Å². The molecule has 3 aliphatic heterocycles. The third-order valence-electron chi connectivity index (χ3n) is 5.97. The second kappa shape index (κ2) is 8.19. The van der Waals surface area contributed by atoms with E-state index in [0.717, 1.165) is 17.0 Å². The second-order valence-electron chi connectivity index (χ2n) is 9.59. The Morgan fingerprint density at radius 2 is 1.89 bits per heavy atom. The Hall–Kier alpha value is -3.73. The first-order valence-electron chi connectivity index (χ1n) is 11.4. The van der Waals surface area contributed by atoms with Crippen LogP contribution in [0.15, 0.2) is 46.6 Å². The third-order valence-corrected chi connectivity index (χ3v) is 6.78. The maximum absolute atomic E-state index is 12.6. The lowest BCUT2D eigenvalue weighted by atomic mass is 9.88. The van der Waals surface area contributed by atoms with Crippen LogP contribution in [-0.4, -0.2) is 61.7 Å². The largest absolute Gasteiger partial charge is 0.444 e. The number of fused-ring (bicyclic) bond motifs is 3. The fourth-order valence-electron chi connectivity index (χ4n) is 4.53. The first-order chi connectivity index (χ1) is 16.9. The molecule has 11 heteroatoms. The Bertz CT molecular complexity index is 1360. The number of carbonyl (C=O) groups excluding carboxylic acids is 1. The highest BCUT2D eigenvalue weighted by Crippen LogP contribution is 2.41. The number of amides is 1. The van der Waals surface area contributed by atoms with E-state index >= 15 is 0 Å². The highest BCUT2D eigenvalue weighted by Gasteiger charge is 2.49. The summed E-state index contributed by atoms with van der Waals surface area (Å²) in [6, 6.07) is 6.31. The lowest BCUT2D eigenvalue weighted by molar-refractivity contribution is -0.0386. The molecule has 3 saturated heterocycles. The average Bonchev–Trinajstić information content (AvgIpc) is 3.50. The van der Waals surface area contributed by atoms with Gasteiger partial charge in [0.2, 0.25) is 0 Å². The lowest BCUT2D eigenvalue weighted by Gasteiger charge is -2.55. The van der Waals surface area contributed by atoms with Gasteiger partial charge in [0, 0.05) is 37.1 Å². The molecule has 0 radical (unpaired) electrons. The van der Waals surface area contributed by atoms with Crippen LogP contribution < -0.4 is 9.64 Å². The predicted octanol–water partition coefficient (Wildman–Crippen LogP) is 4.73. The zero-order valence-electron chi connectivity index (χ0n) is 19.5. The number of hydrogen-bond acceptors (Lipinski definition) is 10. The summed E-state index contributed by atoms with van der Waals surface area (Å²) in [5.41, 5.74) is 1.48. The van der Waals surface area contributed by atoms with Gasteiger partial charge in [0.1, 0.15) is 10.6 Å². The topological polar surface area (TPSA) is 107 Å². The molecule has 2 unspecified atom stereocenters. The number of piperazine rings is 1. The molecule has 6 heterocycles. The molecule has 7 rings (SSSR count). The van der Waals surface area contributed by atoms with Crippen molar-refractivity contribution in [2.45, 2.75) is 44.9 Å². The van der Waals surface area contributed by atoms with E-state index in [1.54, 1.807) is 24.7 Å². The van der Waals surface area contributed by atoms with Crippen LogP contribution in [0.3, 0.4) is 0 Å². The van der Waals surface area contributed by atoms with Crippen LogP contribution in [-0.2, 0) is 4.74 Å². The number of aromatic nitrogens is 4. The number of benzene rings is 1. The molecular weight excluding hydrogens is 468 g/mol. The smallest absolute Gasteiger partial charge is 0.410 e. The summed E-state index contributed by atoms with van der Waals surface area (Å²) in [4.78, 5) is 34.1. The maximum Gasteiger partial charge on any atom is 0.410 e. The Labute approximate surface area is 205 Å². The summed E-state index contributed by atoms with van der Waals surface area (Å²) in [5.74, 6) is 0.499. The fraction of sp³-hybridized carbons (Fsp3) is 0.375. The molecule has 3 aliphatic rings. The molecule has 2 atom stereocenters. The SMILES string of the molecule is CC(C)(C)OC(=O)N1C2CC1CN(c1nc3c(Oc4ncccn4)ccc(-c4nccs4)c3o1)C2. The molecule has 0 aliphatic carbocycles. The Morgan fingerprint density at radius 3 is 2.57 bits per heavy atom. The fourth-order valence-corrected chi connectivity index (χ4v) is 5.19. The second-order valence-corrected chi connectivity index (χ2v) is 10.5. The van der Waals surface area contributed by atoms with Gasteiger partial charge < -0.3 is 18.8 Å². The van der Waals surface area contributed by atoms with Crippen LogP contribution in [0, 0.1) is 0 Å². The van der Waals surface area contributed by atoms with E-state index in [9.17, 15) is 4.79 Å². The molecule has 1 aromatic carbocycles. The van der Waals surface area contributed by atoms with Gasteiger partial charge in [-0.05, 0) is 45.4 Å². The molecule has 2 bridgehead atoms. The van der Waals surface area contributed by atoms with Crippen molar-refractivity contribution >= 4 is 34.5 Å². The maximum atomic E-state index is 12.6. The van der Waals surface area contributed by atoms with Gasteiger partial charge in [0.25, 0.3) is 6.01 Å². The zero-order valence-corrected chi connectivity index (χ0v) is 20.4. The minimum atomic E-state index is -0.522. The minimum Gasteiger partial charge on any atom is -0.444 e. The standard InChI is InChI=1S/C24H24N6O4S/c1-24(2,3)34-23(31)30-14-11-15(30)13-29(12-14)22-28-18-17(32-21-26-7-4-8-27-21)6-5-16(19(18)33-22)20-25-9-10-35-20/h4-10,14-15H,11-13H2,1-3H3. The number of carbonyl (C=O) groups is 1. The number of oxazole rings is 1. The van der Waals surface area contributed by atoms with Gasteiger partial charge in [-0.2, -0.15) is 4.98 Å². The van der Waals surface area contributed by atoms with Crippen LogP contribution >= 0.6 is 11.3 Å². The Morgan fingerprint density at radius 1 is 1.11 bits per heavy atom. The molecule has 180 valence electrons. The Balaban J connectivity index is 1.31. The van der Waals surface area contributed by atoms with Gasteiger partial charge in [0.05, 0.1) is 17.6 Å². The summed E-state index contributed by atoms with van der Waals surface area (Å²) in [6.07, 6.45) is 5.68. The van der Waals surface area contributed by atoms with Crippen molar-refractivity contribution in [1.29, 1.82) is 0 Å². The van der Waals surface area contributed by atoms with E-state index in [1.807, 2.05) is 43.2 Å². The molecule has 3 fully saturated rings. The van der Waals surface area contributed by atoms with Gasteiger partial charge >= 0.3 is 12.1 Å². The zero-order chi connectivity index (χ0) is 24.2. The van der Waals surface area contributed by atoms with Crippen molar-refractivity contribution in [3.05, 3.63) is 42.2 Å². The van der Waals surface area contributed by atoms with Crippen molar-refractivity contribution in [3.8, 4) is 22.3 Å². The lowest BCUT2D eigenvalue weighted by Crippen LogP contribution is -2.70. The van der Waals surface area contributed by atoms with Crippen LogP contribution in [0.5, 0.6) is 11.8 Å². The van der Waals surface area contributed by atoms with Gasteiger partial charge in [-0.25, -0.2) is 19.7 Å². The monoisotopic (exact) mass is 492 g/mol. The number of thiazole rings is 1. The van der Waals surface area contributed by atoms with E-state index in [1.165, 1.54) is 11.3 Å². The molecule has 10 nitrogen and oxygen atoms in total. The van der Waals surface area contributed by atoms with Crippen molar-refractivity contribution in [1.82, 2.24) is 24.8 Å². The number of hydrogen-bond donors (Lipinski definition) is 0. The number of ether oxygens (including phenoxy) is 2. The van der Waals surface area contributed by atoms with Crippen LogP contribution in [0.2, 0.25) is 0 Å². The van der Waals surface area contributed by atoms with E-state index in [-0.39, 0.29) is 24.2 Å². The van der Waals surface area contributed by atoms with Crippen molar-refractivity contribution < 1.29 is 18.7 Å². The summed E-state index contributed by atoms with van der Waals surface area (Å²) in [6.45, 7) is 6.88. The van der Waals surface area contributed by atoms with Gasteiger partial charge in [-0.15, -0.1) is 11.3 Å². The number of rotatable bonds is 4. The molecule has 0 saturated carbocycles. The average molecular weight is 493 g/mol. The first kappa shape index (κ1) is 21.8. The van der Waals surface area contributed by atoms with Crippen LogP contribution in [0.1, 0.15) is 27.2 Å².